The molecule has 0 amide bonds. The molecule has 1 atom stereocenters. The van der Waals surface area contributed by atoms with Crippen molar-refractivity contribution < 1.29 is 14.3 Å². The smallest absolute Gasteiger partial charge is 0.339 e. The van der Waals surface area contributed by atoms with Gasteiger partial charge in [0.25, 0.3) is 0 Å². The maximum absolute atomic E-state index is 12.2. The summed E-state index contributed by atoms with van der Waals surface area (Å²) in [5, 5.41) is 10.4. The molecule has 124 valence electrons. The van der Waals surface area contributed by atoms with E-state index in [1.54, 1.807) is 13.0 Å². The fourth-order valence-electron chi connectivity index (χ4n) is 2.74. The monoisotopic (exact) mass is 324 g/mol. The molecular formula is C20H20O4. The predicted octanol–water partition coefficient (Wildman–Crippen LogP) is 3.60. The van der Waals surface area contributed by atoms with E-state index in [0.717, 1.165) is 16.5 Å². The van der Waals surface area contributed by atoms with E-state index < -0.39 is 11.7 Å². The summed E-state index contributed by atoms with van der Waals surface area (Å²) in [6.07, 6.45) is -0.298. The van der Waals surface area contributed by atoms with Crippen LogP contribution in [0.3, 0.4) is 0 Å². The molecule has 0 saturated heterocycles. The average Bonchev–Trinajstić information content (AvgIpc) is 2.57. The molecule has 3 aromatic rings. The van der Waals surface area contributed by atoms with Gasteiger partial charge >= 0.3 is 5.63 Å². The zero-order valence-electron chi connectivity index (χ0n) is 13.8. The lowest BCUT2D eigenvalue weighted by Gasteiger charge is -2.11. The number of rotatable bonds is 5. The molecule has 0 bridgehead atoms. The third-order valence-corrected chi connectivity index (χ3v) is 4.01. The van der Waals surface area contributed by atoms with Gasteiger partial charge in [0.2, 0.25) is 0 Å². The van der Waals surface area contributed by atoms with E-state index in [1.807, 2.05) is 49.4 Å². The number of aryl methyl sites for hydroxylation is 1. The van der Waals surface area contributed by atoms with Gasteiger partial charge in [-0.1, -0.05) is 30.3 Å². The van der Waals surface area contributed by atoms with Gasteiger partial charge < -0.3 is 14.3 Å². The highest BCUT2D eigenvalue weighted by Gasteiger charge is 2.13. The Morgan fingerprint density at radius 2 is 1.92 bits per heavy atom. The topological polar surface area (TPSA) is 59.7 Å². The van der Waals surface area contributed by atoms with Crippen molar-refractivity contribution in [3.05, 3.63) is 75.6 Å². The first-order valence-electron chi connectivity index (χ1n) is 7.95. The molecule has 0 radical (unpaired) electrons. The van der Waals surface area contributed by atoms with Crippen LogP contribution in [0, 0.1) is 6.92 Å². The molecule has 0 unspecified atom stereocenters. The van der Waals surface area contributed by atoms with Crippen LogP contribution < -0.4 is 10.4 Å². The summed E-state index contributed by atoms with van der Waals surface area (Å²) in [7, 11) is 0. The molecule has 4 nitrogen and oxygen atoms in total. The third-order valence-electron chi connectivity index (χ3n) is 4.01. The van der Waals surface area contributed by atoms with Crippen LogP contribution in [0.5, 0.6) is 5.75 Å². The van der Waals surface area contributed by atoms with Gasteiger partial charge in [0.1, 0.15) is 17.9 Å². The normalized spacial score (nSPS) is 12.3. The summed E-state index contributed by atoms with van der Waals surface area (Å²) in [6.45, 7) is 3.99. The van der Waals surface area contributed by atoms with Crippen LogP contribution in [-0.2, 0) is 13.0 Å². The number of aliphatic hydroxyl groups is 1. The Morgan fingerprint density at radius 3 is 2.62 bits per heavy atom. The van der Waals surface area contributed by atoms with Crippen molar-refractivity contribution in [3.63, 3.8) is 0 Å². The SMILES string of the molecule is Cc1c(C[C@H](C)O)c(=O)oc2cc(OCc3ccccc3)ccc12. The van der Waals surface area contributed by atoms with Gasteiger partial charge in [0.15, 0.2) is 0 Å². The highest BCUT2D eigenvalue weighted by Crippen LogP contribution is 2.25. The number of hydrogen-bond donors (Lipinski definition) is 1. The molecule has 2 aromatic carbocycles. The van der Waals surface area contributed by atoms with Gasteiger partial charge in [-0.25, -0.2) is 4.79 Å². The van der Waals surface area contributed by atoms with Crippen LogP contribution in [0.25, 0.3) is 11.0 Å². The Labute approximate surface area is 140 Å². The van der Waals surface area contributed by atoms with Gasteiger partial charge in [0.05, 0.1) is 6.10 Å². The van der Waals surface area contributed by atoms with Crippen molar-refractivity contribution in [2.45, 2.75) is 33.0 Å². The maximum Gasteiger partial charge on any atom is 0.339 e. The van der Waals surface area contributed by atoms with Gasteiger partial charge in [0, 0.05) is 23.4 Å². The number of aliphatic hydroxyl groups excluding tert-OH is 1. The van der Waals surface area contributed by atoms with E-state index in [0.29, 0.717) is 23.5 Å². The second kappa shape index (κ2) is 6.89. The Bertz CT molecular complexity index is 895. The fourth-order valence-corrected chi connectivity index (χ4v) is 2.74. The molecule has 4 heteroatoms. The minimum atomic E-state index is -0.586. The van der Waals surface area contributed by atoms with E-state index >= 15 is 0 Å². The number of ether oxygens (including phenoxy) is 1. The molecule has 1 aromatic heterocycles. The molecule has 0 aliphatic carbocycles. The number of fused-ring (bicyclic) bond motifs is 1. The van der Waals surface area contributed by atoms with E-state index in [9.17, 15) is 9.90 Å². The molecule has 1 heterocycles. The van der Waals surface area contributed by atoms with Gasteiger partial charge in [-0.3, -0.25) is 0 Å². The molecule has 0 aliphatic rings. The highest BCUT2D eigenvalue weighted by atomic mass is 16.5. The van der Waals surface area contributed by atoms with Crippen LogP contribution in [0.4, 0.5) is 0 Å². The van der Waals surface area contributed by atoms with E-state index in [-0.39, 0.29) is 6.42 Å². The molecule has 24 heavy (non-hydrogen) atoms. The first kappa shape index (κ1) is 16.3. The Kier molecular flexibility index (Phi) is 4.67. The molecule has 0 fully saturated rings. The van der Waals surface area contributed by atoms with Crippen molar-refractivity contribution >= 4 is 11.0 Å². The largest absolute Gasteiger partial charge is 0.489 e. The van der Waals surface area contributed by atoms with E-state index in [2.05, 4.69) is 0 Å². The zero-order valence-corrected chi connectivity index (χ0v) is 13.8. The van der Waals surface area contributed by atoms with Gasteiger partial charge in [-0.15, -0.1) is 0 Å². The van der Waals surface area contributed by atoms with Crippen molar-refractivity contribution in [1.29, 1.82) is 0 Å². The molecule has 1 N–H and O–H groups in total. The Hall–Kier alpha value is -2.59. The predicted molar refractivity (Wildman–Crippen MR) is 93.4 cm³/mol. The summed E-state index contributed by atoms with van der Waals surface area (Å²) in [4.78, 5) is 12.2. The standard InChI is InChI=1S/C20H20O4/c1-13(21)10-18-14(2)17-9-8-16(11-19(17)24-20(18)22)23-12-15-6-4-3-5-7-15/h3-9,11,13,21H,10,12H2,1-2H3/t13-/m0/s1. The van der Waals surface area contributed by atoms with Crippen LogP contribution >= 0.6 is 0 Å². The van der Waals surface area contributed by atoms with E-state index in [4.69, 9.17) is 9.15 Å². The second-order valence-electron chi connectivity index (χ2n) is 5.98. The lowest BCUT2D eigenvalue weighted by molar-refractivity contribution is 0.194. The molecule has 0 spiro atoms. The summed E-state index contributed by atoms with van der Waals surface area (Å²) < 4.78 is 11.2. The van der Waals surface area contributed by atoms with Crippen molar-refractivity contribution in [1.82, 2.24) is 0 Å². The van der Waals surface area contributed by atoms with Crippen LogP contribution in [0.15, 0.2) is 57.7 Å². The maximum atomic E-state index is 12.2. The van der Waals surface area contributed by atoms with Crippen molar-refractivity contribution in [3.8, 4) is 5.75 Å². The first-order chi connectivity index (χ1) is 11.5. The van der Waals surface area contributed by atoms with Crippen LogP contribution in [-0.4, -0.2) is 11.2 Å². The number of benzene rings is 2. The summed E-state index contributed by atoms with van der Waals surface area (Å²) in [6, 6.07) is 15.4. The molecular weight excluding hydrogens is 304 g/mol. The minimum Gasteiger partial charge on any atom is -0.489 e. The summed E-state index contributed by atoms with van der Waals surface area (Å²) in [5.74, 6) is 0.650. The molecule has 3 rings (SSSR count). The molecule has 0 saturated carbocycles. The average molecular weight is 324 g/mol. The van der Waals surface area contributed by atoms with Gasteiger partial charge in [-0.2, -0.15) is 0 Å². The summed E-state index contributed by atoms with van der Waals surface area (Å²) >= 11 is 0. The molecule has 0 aliphatic heterocycles. The minimum absolute atomic E-state index is 0.288. The van der Waals surface area contributed by atoms with Crippen molar-refractivity contribution in [2.24, 2.45) is 0 Å². The summed E-state index contributed by atoms with van der Waals surface area (Å²) in [5.41, 5.74) is 2.54. The van der Waals surface area contributed by atoms with E-state index in [1.165, 1.54) is 0 Å². The Balaban J connectivity index is 1.90. The highest BCUT2D eigenvalue weighted by molar-refractivity contribution is 5.82. The Morgan fingerprint density at radius 1 is 1.17 bits per heavy atom. The number of hydrogen-bond acceptors (Lipinski definition) is 4. The fraction of sp³-hybridized carbons (Fsp3) is 0.250. The van der Waals surface area contributed by atoms with Gasteiger partial charge in [-0.05, 0) is 37.1 Å². The van der Waals surface area contributed by atoms with Crippen LogP contribution in [0.2, 0.25) is 0 Å². The lowest BCUT2D eigenvalue weighted by Crippen LogP contribution is -2.16. The zero-order chi connectivity index (χ0) is 17.1. The third kappa shape index (κ3) is 3.49. The quantitative estimate of drug-likeness (QED) is 0.729. The van der Waals surface area contributed by atoms with Crippen molar-refractivity contribution in [2.75, 3.05) is 0 Å². The lowest BCUT2D eigenvalue weighted by atomic mass is 10.0. The van der Waals surface area contributed by atoms with Crippen LogP contribution in [0.1, 0.15) is 23.6 Å². The second-order valence-corrected chi connectivity index (χ2v) is 5.98. The first-order valence-corrected chi connectivity index (χ1v) is 7.95.